The minimum absolute atomic E-state index is 0.0222. The van der Waals surface area contributed by atoms with Gasteiger partial charge in [-0.05, 0) is 37.5 Å². The lowest BCUT2D eigenvalue weighted by atomic mass is 9.76. The van der Waals surface area contributed by atoms with Crippen LogP contribution in [0.3, 0.4) is 0 Å². The zero-order chi connectivity index (χ0) is 20.3. The van der Waals surface area contributed by atoms with Gasteiger partial charge in [0.25, 0.3) is 5.60 Å². The molecule has 1 rings (SSSR count). The van der Waals surface area contributed by atoms with E-state index in [4.69, 9.17) is 9.84 Å². The molecule has 4 nitrogen and oxygen atoms in total. The number of alkyl halides is 3. The van der Waals surface area contributed by atoms with Gasteiger partial charge in [0.15, 0.2) is 0 Å². The Kier molecular flexibility index (Phi) is 6.82. The van der Waals surface area contributed by atoms with Gasteiger partial charge in [0.05, 0.1) is 7.11 Å². The smallest absolute Gasteiger partial charge is 0.428 e. The molecule has 2 atom stereocenters. The normalized spacial score (nSPS) is 16.1. The summed E-state index contributed by atoms with van der Waals surface area (Å²) in [5, 5.41) is 19.3. The van der Waals surface area contributed by atoms with Crippen molar-refractivity contribution in [3.05, 3.63) is 35.2 Å². The summed E-state index contributed by atoms with van der Waals surface area (Å²) >= 11 is 0. The van der Waals surface area contributed by atoms with E-state index in [9.17, 15) is 27.5 Å². The first-order valence-corrected chi connectivity index (χ1v) is 8.05. The van der Waals surface area contributed by atoms with Crippen molar-refractivity contribution >= 4 is 11.5 Å². The van der Waals surface area contributed by atoms with Crippen LogP contribution in [0.1, 0.15) is 38.3 Å². The van der Waals surface area contributed by atoms with E-state index in [1.165, 1.54) is 33.1 Å². The van der Waals surface area contributed by atoms with Crippen LogP contribution in [0.15, 0.2) is 18.2 Å². The number of carboxylic acids is 1. The number of methoxy groups -OCH3 is 1. The number of aliphatic carboxylic acids is 1. The second kappa shape index (κ2) is 8.07. The third kappa shape index (κ3) is 3.56. The number of carbonyl (C=O) groups is 1. The molecule has 26 heavy (non-hydrogen) atoms. The number of rotatable bonds is 7. The first-order valence-electron chi connectivity index (χ1n) is 8.05. The van der Waals surface area contributed by atoms with E-state index in [0.29, 0.717) is 0 Å². The number of hydrogen-bond acceptors (Lipinski definition) is 3. The largest absolute Gasteiger partial charge is 0.496 e. The van der Waals surface area contributed by atoms with Gasteiger partial charge in [-0.2, -0.15) is 13.2 Å². The second-order valence-electron chi connectivity index (χ2n) is 5.73. The molecule has 0 aliphatic rings. The highest BCUT2D eigenvalue weighted by Gasteiger charge is 2.64. The molecule has 0 saturated carbocycles. The van der Waals surface area contributed by atoms with E-state index >= 15 is 0 Å². The van der Waals surface area contributed by atoms with Crippen molar-refractivity contribution in [3.8, 4) is 5.75 Å². The monoisotopic (exact) mass is 378 g/mol. The molecule has 0 heterocycles. The molecule has 0 aliphatic carbocycles. The highest BCUT2D eigenvalue weighted by molar-refractivity contribution is 5.85. The van der Waals surface area contributed by atoms with Crippen LogP contribution in [0.5, 0.6) is 5.75 Å². The van der Waals surface area contributed by atoms with Crippen LogP contribution in [0.4, 0.5) is 17.6 Å². The average molecular weight is 378 g/mol. The molecule has 0 aliphatic heterocycles. The number of hydrogen-bond donors (Lipinski definition) is 2. The number of aliphatic hydroxyl groups is 1. The molecular weight excluding hydrogens is 356 g/mol. The van der Waals surface area contributed by atoms with Gasteiger partial charge in [-0.15, -0.1) is 0 Å². The zero-order valence-corrected chi connectivity index (χ0v) is 14.9. The molecule has 0 saturated heterocycles. The third-order valence-electron chi connectivity index (χ3n) is 4.43. The molecule has 0 aromatic heterocycles. The summed E-state index contributed by atoms with van der Waals surface area (Å²) in [5.41, 5.74) is -3.80. The van der Waals surface area contributed by atoms with Crippen molar-refractivity contribution in [3.63, 3.8) is 0 Å². The molecular formula is C18H22F4O4. The highest BCUT2D eigenvalue weighted by Crippen LogP contribution is 2.46. The first kappa shape index (κ1) is 22.0. The SMILES string of the molecule is CC=C(c1ccc(F)c(CC)c1OC)C(CC)[C@@](O)(C(=O)O)C(F)(F)F. The standard InChI is InChI=1S/C18H22F4O4/c1-5-10(12-8-9-14(19)11(6-2)15(12)26-4)13(7-3)17(25,16(23)24)18(20,21)22/h5,8-9,13,25H,6-7H2,1-4H3,(H,23,24)/t13?,17-/m1/s1. The van der Waals surface area contributed by atoms with E-state index in [0.717, 1.165) is 6.07 Å². The molecule has 8 heteroatoms. The van der Waals surface area contributed by atoms with E-state index in [2.05, 4.69) is 0 Å². The fourth-order valence-corrected chi connectivity index (χ4v) is 3.15. The molecule has 146 valence electrons. The van der Waals surface area contributed by atoms with E-state index in [1.807, 2.05) is 0 Å². The summed E-state index contributed by atoms with van der Waals surface area (Å²) in [6, 6.07) is 2.31. The number of carboxylic acid groups (broad SMARTS) is 1. The summed E-state index contributed by atoms with van der Waals surface area (Å²) in [5.74, 6) is -4.77. The van der Waals surface area contributed by atoms with Crippen LogP contribution in [0.25, 0.3) is 5.57 Å². The van der Waals surface area contributed by atoms with E-state index < -0.39 is 29.5 Å². The van der Waals surface area contributed by atoms with Gasteiger partial charge in [0, 0.05) is 17.0 Å². The van der Waals surface area contributed by atoms with Gasteiger partial charge in [-0.25, -0.2) is 9.18 Å². The van der Waals surface area contributed by atoms with Crippen molar-refractivity contribution < 1.29 is 37.3 Å². The van der Waals surface area contributed by atoms with Gasteiger partial charge in [-0.1, -0.05) is 19.9 Å². The Hall–Kier alpha value is -2.09. The maximum atomic E-state index is 14.0. The topological polar surface area (TPSA) is 66.8 Å². The van der Waals surface area contributed by atoms with Crippen LogP contribution < -0.4 is 4.74 Å². The zero-order valence-electron chi connectivity index (χ0n) is 14.9. The molecule has 0 fully saturated rings. The Balaban J connectivity index is 3.72. The van der Waals surface area contributed by atoms with Crippen molar-refractivity contribution in [2.75, 3.05) is 7.11 Å². The number of benzene rings is 1. The summed E-state index contributed by atoms with van der Waals surface area (Å²) in [4.78, 5) is 11.4. The fraction of sp³-hybridized carbons (Fsp3) is 0.500. The van der Waals surface area contributed by atoms with Gasteiger partial charge in [0.2, 0.25) is 0 Å². The Bertz CT molecular complexity index is 697. The lowest BCUT2D eigenvalue weighted by molar-refractivity contribution is -0.270. The molecule has 0 radical (unpaired) electrons. The molecule has 0 bridgehead atoms. The lowest BCUT2D eigenvalue weighted by Crippen LogP contribution is -2.57. The van der Waals surface area contributed by atoms with Crippen molar-refractivity contribution in [2.24, 2.45) is 5.92 Å². The predicted molar refractivity (Wildman–Crippen MR) is 88.4 cm³/mol. The van der Waals surface area contributed by atoms with Crippen LogP contribution in [-0.4, -0.2) is 35.1 Å². The summed E-state index contributed by atoms with van der Waals surface area (Å²) in [6.07, 6.45) is -4.22. The molecule has 2 N–H and O–H groups in total. The summed E-state index contributed by atoms with van der Waals surface area (Å²) in [7, 11) is 1.25. The Morgan fingerprint density at radius 3 is 2.23 bits per heavy atom. The Morgan fingerprint density at radius 2 is 1.88 bits per heavy atom. The molecule has 1 unspecified atom stereocenters. The predicted octanol–water partition coefficient (Wildman–Crippen LogP) is 4.20. The fourth-order valence-electron chi connectivity index (χ4n) is 3.15. The minimum Gasteiger partial charge on any atom is -0.496 e. The molecule has 0 amide bonds. The van der Waals surface area contributed by atoms with Crippen LogP contribution in [0.2, 0.25) is 0 Å². The maximum absolute atomic E-state index is 14.0. The third-order valence-corrected chi connectivity index (χ3v) is 4.43. The number of halogens is 4. The van der Waals surface area contributed by atoms with Gasteiger partial charge >= 0.3 is 12.1 Å². The van der Waals surface area contributed by atoms with Crippen molar-refractivity contribution in [2.45, 2.75) is 45.4 Å². The second-order valence-corrected chi connectivity index (χ2v) is 5.73. The quantitative estimate of drug-likeness (QED) is 0.698. The van der Waals surface area contributed by atoms with Gasteiger partial charge < -0.3 is 14.9 Å². The van der Waals surface area contributed by atoms with Crippen LogP contribution in [-0.2, 0) is 11.2 Å². The van der Waals surface area contributed by atoms with Gasteiger partial charge in [-0.3, -0.25) is 0 Å². The van der Waals surface area contributed by atoms with E-state index in [1.54, 1.807) is 6.92 Å². The summed E-state index contributed by atoms with van der Waals surface area (Å²) in [6.45, 7) is 4.41. The van der Waals surface area contributed by atoms with Crippen molar-refractivity contribution in [1.29, 1.82) is 0 Å². The molecule has 0 spiro atoms. The highest BCUT2D eigenvalue weighted by atomic mass is 19.4. The number of allylic oxidation sites excluding steroid dienone is 1. The first-order chi connectivity index (χ1) is 12.0. The van der Waals surface area contributed by atoms with Gasteiger partial charge in [0.1, 0.15) is 11.6 Å². The summed E-state index contributed by atoms with van der Waals surface area (Å²) < 4.78 is 59.5. The molecule has 1 aromatic carbocycles. The van der Waals surface area contributed by atoms with E-state index in [-0.39, 0.29) is 35.3 Å². The molecule has 1 aromatic rings. The Labute approximate surface area is 149 Å². The minimum atomic E-state index is -5.41. The maximum Gasteiger partial charge on any atom is 0.428 e. The number of ether oxygens (including phenoxy) is 1. The Morgan fingerprint density at radius 1 is 1.31 bits per heavy atom. The van der Waals surface area contributed by atoms with Crippen molar-refractivity contribution in [1.82, 2.24) is 0 Å². The average Bonchev–Trinajstić information content (AvgIpc) is 2.57. The lowest BCUT2D eigenvalue weighted by Gasteiger charge is -2.35. The van der Waals surface area contributed by atoms with Crippen LogP contribution >= 0.6 is 0 Å². The van der Waals surface area contributed by atoms with Crippen LogP contribution in [0, 0.1) is 11.7 Å².